The van der Waals surface area contributed by atoms with E-state index in [2.05, 4.69) is 10.6 Å². The monoisotopic (exact) mass is 516 g/mol. The number of alkyl halides is 3. The Balaban J connectivity index is 1.30. The molecular formula is C24H22ClF5N2O3. The Bertz CT molecular complexity index is 1120. The second kappa shape index (κ2) is 10.0. The molecule has 3 aliphatic carbocycles. The van der Waals surface area contributed by atoms with Gasteiger partial charge in [-0.25, -0.2) is 8.78 Å². The minimum absolute atomic E-state index is 0.00797. The molecule has 2 aromatic carbocycles. The summed E-state index contributed by atoms with van der Waals surface area (Å²) in [6.45, 7) is -0.583. The maximum Gasteiger partial charge on any atom is 0.416 e. The second-order valence-corrected chi connectivity index (χ2v) is 9.34. The summed E-state index contributed by atoms with van der Waals surface area (Å²) < 4.78 is 71.1. The van der Waals surface area contributed by atoms with E-state index in [1.165, 1.54) is 12.1 Å². The molecule has 0 spiro atoms. The third-order valence-corrected chi connectivity index (χ3v) is 6.86. The third-order valence-electron chi connectivity index (χ3n) is 6.55. The predicted octanol–water partition coefficient (Wildman–Crippen LogP) is 4.86. The van der Waals surface area contributed by atoms with Crippen molar-refractivity contribution in [3.63, 3.8) is 0 Å². The lowest BCUT2D eigenvalue weighted by atomic mass is 9.57. The topological polar surface area (TPSA) is 67.4 Å². The van der Waals surface area contributed by atoms with E-state index in [9.17, 15) is 31.5 Å². The zero-order valence-electron chi connectivity index (χ0n) is 18.3. The van der Waals surface area contributed by atoms with Crippen molar-refractivity contribution < 1.29 is 36.3 Å². The molecule has 188 valence electrons. The van der Waals surface area contributed by atoms with Crippen molar-refractivity contribution in [2.45, 2.75) is 38.0 Å². The quantitative estimate of drug-likeness (QED) is 0.516. The smallest absolute Gasteiger partial charge is 0.416 e. The van der Waals surface area contributed by atoms with Gasteiger partial charge in [-0.1, -0.05) is 11.6 Å². The lowest BCUT2D eigenvalue weighted by Crippen LogP contribution is -2.56. The molecule has 0 saturated heterocycles. The molecule has 1 unspecified atom stereocenters. The van der Waals surface area contributed by atoms with E-state index in [1.807, 2.05) is 0 Å². The number of nitrogens with one attached hydrogen (secondary N) is 2. The molecule has 2 bridgehead atoms. The van der Waals surface area contributed by atoms with Crippen molar-refractivity contribution in [3.05, 3.63) is 64.2 Å². The Morgan fingerprint density at radius 1 is 1.03 bits per heavy atom. The first-order chi connectivity index (χ1) is 16.5. The van der Waals surface area contributed by atoms with Gasteiger partial charge in [0.05, 0.1) is 10.6 Å². The standard InChI is InChI=1S/C24H22ClF5N2O3/c25-19-2-1-17(8-20(19)27)35-11-22(33)32-21-9-18(13-5-14(21)6-13)23(34)31-10-12-3-15(24(28,29)30)7-16(26)4-12/h1-4,7-8,13-14,18,21H,5-6,9-11H2,(H,31,34)(H,32,33)/t13?,14?,18-,21?/m1/s1. The molecule has 2 aromatic rings. The maximum absolute atomic E-state index is 13.6. The van der Waals surface area contributed by atoms with Crippen LogP contribution in [-0.4, -0.2) is 24.5 Å². The van der Waals surface area contributed by atoms with Gasteiger partial charge in [0.25, 0.3) is 5.91 Å². The second-order valence-electron chi connectivity index (χ2n) is 8.94. The fourth-order valence-corrected chi connectivity index (χ4v) is 4.84. The summed E-state index contributed by atoms with van der Waals surface area (Å²) in [6.07, 6.45) is -2.84. The Morgan fingerprint density at radius 2 is 1.77 bits per heavy atom. The highest BCUT2D eigenvalue weighted by Gasteiger charge is 2.48. The predicted molar refractivity (Wildman–Crippen MR) is 116 cm³/mol. The van der Waals surface area contributed by atoms with Crippen molar-refractivity contribution in [1.29, 1.82) is 0 Å². The van der Waals surface area contributed by atoms with Gasteiger partial charge in [-0.3, -0.25) is 9.59 Å². The number of hydrogen-bond donors (Lipinski definition) is 2. The van der Waals surface area contributed by atoms with Gasteiger partial charge >= 0.3 is 6.18 Å². The van der Waals surface area contributed by atoms with Crippen molar-refractivity contribution >= 4 is 23.4 Å². The van der Waals surface area contributed by atoms with Crippen molar-refractivity contribution in [2.24, 2.45) is 17.8 Å². The van der Waals surface area contributed by atoms with Crippen LogP contribution in [0.1, 0.15) is 30.4 Å². The Labute approximate surface area is 203 Å². The zero-order chi connectivity index (χ0) is 25.3. The first-order valence-corrected chi connectivity index (χ1v) is 11.4. The Morgan fingerprint density at radius 3 is 2.46 bits per heavy atom. The summed E-state index contributed by atoms with van der Waals surface area (Å²) in [4.78, 5) is 25.1. The summed E-state index contributed by atoms with van der Waals surface area (Å²) in [5, 5.41) is 5.39. The van der Waals surface area contributed by atoms with E-state index in [-0.39, 0.29) is 53.3 Å². The molecule has 2 atom stereocenters. The fraction of sp³-hybridized carbons (Fsp3) is 0.417. The molecule has 3 saturated carbocycles. The van der Waals surface area contributed by atoms with E-state index in [0.29, 0.717) is 12.5 Å². The Kier molecular flexibility index (Phi) is 7.21. The number of ether oxygens (including phenoxy) is 1. The number of fused-ring (bicyclic) bond motifs is 2. The molecule has 0 aliphatic heterocycles. The molecule has 2 amide bonds. The summed E-state index contributed by atoms with van der Waals surface area (Å²) in [5.74, 6) is -2.40. The van der Waals surface area contributed by atoms with Crippen LogP contribution in [0.25, 0.3) is 0 Å². The van der Waals surface area contributed by atoms with Crippen LogP contribution in [0.2, 0.25) is 5.02 Å². The molecule has 0 radical (unpaired) electrons. The first-order valence-electron chi connectivity index (χ1n) is 11.0. The van der Waals surface area contributed by atoms with E-state index in [4.69, 9.17) is 16.3 Å². The minimum Gasteiger partial charge on any atom is -0.484 e. The normalized spacial score (nSPS) is 23.3. The zero-order valence-corrected chi connectivity index (χ0v) is 19.1. The fourth-order valence-electron chi connectivity index (χ4n) is 4.72. The van der Waals surface area contributed by atoms with Crippen molar-refractivity contribution in [1.82, 2.24) is 10.6 Å². The molecule has 0 heterocycles. The summed E-state index contributed by atoms with van der Waals surface area (Å²) in [6, 6.07) is 5.72. The van der Waals surface area contributed by atoms with Gasteiger partial charge in [0.15, 0.2) is 6.61 Å². The lowest BCUT2D eigenvalue weighted by molar-refractivity contribution is -0.137. The highest BCUT2D eigenvalue weighted by atomic mass is 35.5. The summed E-state index contributed by atoms with van der Waals surface area (Å²) >= 11 is 5.62. The van der Waals surface area contributed by atoms with E-state index in [1.54, 1.807) is 0 Å². The molecule has 0 aromatic heterocycles. The Hall–Kier alpha value is -2.88. The molecule has 2 N–H and O–H groups in total. The van der Waals surface area contributed by atoms with Gasteiger partial charge in [0, 0.05) is 24.6 Å². The molecule has 5 rings (SSSR count). The van der Waals surface area contributed by atoms with Crippen LogP contribution in [0, 0.1) is 29.4 Å². The van der Waals surface area contributed by atoms with Gasteiger partial charge in [-0.05, 0) is 67.0 Å². The van der Waals surface area contributed by atoms with Crippen LogP contribution in [0.5, 0.6) is 5.75 Å². The maximum atomic E-state index is 13.6. The number of benzene rings is 2. The van der Waals surface area contributed by atoms with Gasteiger partial charge in [0.1, 0.15) is 17.4 Å². The number of rotatable bonds is 7. The molecule has 35 heavy (non-hydrogen) atoms. The van der Waals surface area contributed by atoms with Gasteiger partial charge in [-0.2, -0.15) is 13.2 Å². The summed E-state index contributed by atoms with van der Waals surface area (Å²) in [5.41, 5.74) is -1.11. The molecule has 3 fully saturated rings. The van der Waals surface area contributed by atoms with Crippen molar-refractivity contribution in [2.75, 3.05) is 6.61 Å². The average molecular weight is 517 g/mol. The molecule has 3 aliphatic rings. The lowest BCUT2D eigenvalue weighted by Gasteiger charge is -2.50. The first kappa shape index (κ1) is 25.2. The number of halogens is 6. The van der Waals surface area contributed by atoms with E-state index >= 15 is 0 Å². The van der Waals surface area contributed by atoms with Crippen LogP contribution in [0.3, 0.4) is 0 Å². The SMILES string of the molecule is O=C(COc1ccc(Cl)c(F)c1)NC1C[C@@H](C(=O)NCc2cc(F)cc(C(F)(F)F)c2)C2CC1C2. The number of carbonyl (C=O) groups excluding carboxylic acids is 2. The number of amides is 2. The molecule has 11 heteroatoms. The van der Waals surface area contributed by atoms with Gasteiger partial charge < -0.3 is 15.4 Å². The minimum atomic E-state index is -4.69. The van der Waals surface area contributed by atoms with E-state index in [0.717, 1.165) is 31.0 Å². The van der Waals surface area contributed by atoms with Crippen molar-refractivity contribution in [3.8, 4) is 5.75 Å². The third kappa shape index (κ3) is 6.04. The number of carbonyl (C=O) groups is 2. The van der Waals surface area contributed by atoms with Crippen LogP contribution >= 0.6 is 11.6 Å². The number of hydrogen-bond acceptors (Lipinski definition) is 3. The van der Waals surface area contributed by atoms with Crippen LogP contribution in [0.4, 0.5) is 22.0 Å². The van der Waals surface area contributed by atoms with E-state index < -0.39 is 35.2 Å². The highest BCUT2D eigenvalue weighted by molar-refractivity contribution is 6.30. The van der Waals surface area contributed by atoms with Gasteiger partial charge in [0.2, 0.25) is 5.91 Å². The average Bonchev–Trinajstić information content (AvgIpc) is 2.76. The summed E-state index contributed by atoms with van der Waals surface area (Å²) in [7, 11) is 0. The van der Waals surface area contributed by atoms with Crippen LogP contribution in [0.15, 0.2) is 36.4 Å². The highest BCUT2D eigenvalue weighted by Crippen LogP contribution is 2.49. The van der Waals surface area contributed by atoms with Gasteiger partial charge in [-0.15, -0.1) is 0 Å². The molecule has 5 nitrogen and oxygen atoms in total. The van der Waals surface area contributed by atoms with Crippen LogP contribution in [-0.2, 0) is 22.3 Å². The molecular weight excluding hydrogens is 495 g/mol. The van der Waals surface area contributed by atoms with Crippen LogP contribution < -0.4 is 15.4 Å². The largest absolute Gasteiger partial charge is 0.484 e.